The smallest absolute Gasteiger partial charge is 0.149 e. The maximum absolute atomic E-state index is 6.82. The number of aromatic nitrogens is 2. The Balaban J connectivity index is 1.50. The van der Waals surface area contributed by atoms with E-state index in [1.165, 1.54) is 16.3 Å². The Bertz CT molecular complexity index is 3010. The fraction of sp³-hybridized carbons (Fsp3) is 0. The van der Waals surface area contributed by atoms with Crippen molar-refractivity contribution in [3.05, 3.63) is 146 Å². The lowest BCUT2D eigenvalue weighted by Crippen LogP contribution is -1.95. The molecule has 7 aromatic carbocycles. The van der Waals surface area contributed by atoms with E-state index in [0.717, 1.165) is 82.6 Å². The highest BCUT2D eigenvalue weighted by Crippen LogP contribution is 2.50. The van der Waals surface area contributed by atoms with Gasteiger partial charge in [0.2, 0.25) is 0 Å². The van der Waals surface area contributed by atoms with Gasteiger partial charge in [0.05, 0.1) is 38.2 Å². The van der Waals surface area contributed by atoms with Crippen LogP contribution in [0.15, 0.2) is 154 Å². The largest absolute Gasteiger partial charge is 0.455 e. The maximum Gasteiger partial charge on any atom is 0.149 e. The highest BCUT2D eigenvalue weighted by molar-refractivity contribution is 6.40. The van der Waals surface area contributed by atoms with E-state index in [-0.39, 0.29) is 0 Å². The Morgan fingerprint density at radius 2 is 0.848 bits per heavy atom. The first kappa shape index (κ1) is 24.1. The van der Waals surface area contributed by atoms with E-state index in [9.17, 15) is 0 Å². The van der Waals surface area contributed by atoms with Crippen LogP contribution in [0.4, 0.5) is 0 Å². The number of furan rings is 2. The van der Waals surface area contributed by atoms with Crippen molar-refractivity contribution in [3.63, 3.8) is 0 Å². The van der Waals surface area contributed by atoms with E-state index in [1.54, 1.807) is 0 Å². The lowest BCUT2D eigenvalue weighted by molar-refractivity contribution is 0.665. The molecular weight excluding hydrogens is 564 g/mol. The lowest BCUT2D eigenvalue weighted by Gasteiger charge is -2.10. The molecule has 0 radical (unpaired) electrons. The van der Waals surface area contributed by atoms with Gasteiger partial charge in [-0.05, 0) is 54.6 Å². The second kappa shape index (κ2) is 8.68. The molecule has 11 aromatic rings. The molecule has 0 amide bonds. The van der Waals surface area contributed by atoms with Crippen LogP contribution in [0.1, 0.15) is 0 Å². The van der Waals surface area contributed by atoms with Crippen LogP contribution in [0.5, 0.6) is 0 Å². The van der Waals surface area contributed by atoms with Crippen LogP contribution in [0.2, 0.25) is 0 Å². The molecule has 0 fully saturated rings. The molecule has 0 unspecified atom stereocenters. The van der Waals surface area contributed by atoms with Gasteiger partial charge in [0.1, 0.15) is 22.3 Å². The summed E-state index contributed by atoms with van der Waals surface area (Å²) in [6.07, 6.45) is 0. The molecule has 0 saturated heterocycles. The first-order chi connectivity index (χ1) is 22.9. The molecule has 0 aliphatic heterocycles. The molecule has 214 valence electrons. The van der Waals surface area contributed by atoms with Gasteiger partial charge in [0, 0.05) is 38.3 Å². The van der Waals surface area contributed by atoms with E-state index >= 15 is 0 Å². The summed E-state index contributed by atoms with van der Waals surface area (Å²) in [6, 6.07) is 51.4. The van der Waals surface area contributed by atoms with Crippen LogP contribution in [-0.4, -0.2) is 9.13 Å². The standard InChI is InChI=1S/C42H24N2O2/c1-3-13-25(14-4-1)43-31-20-10-7-17-27(31)35-32(43)24-23-30-37-40(44(39(30)35)26-15-5-2-6-16-26)36-28-18-8-11-21-33(28)45-41(36)38-29-19-9-12-22-34(29)46-42(37)38/h1-24H. The van der Waals surface area contributed by atoms with Gasteiger partial charge in [-0.25, -0.2) is 0 Å². The van der Waals surface area contributed by atoms with E-state index in [2.05, 4.69) is 143 Å². The summed E-state index contributed by atoms with van der Waals surface area (Å²) in [5, 5.41) is 8.95. The average Bonchev–Trinajstić information content (AvgIpc) is 3.86. The first-order valence-electron chi connectivity index (χ1n) is 15.6. The Morgan fingerprint density at radius 1 is 0.326 bits per heavy atom. The molecule has 4 aromatic heterocycles. The normalized spacial score (nSPS) is 12.3. The van der Waals surface area contributed by atoms with Gasteiger partial charge in [-0.2, -0.15) is 0 Å². The minimum absolute atomic E-state index is 0.855. The number of rotatable bonds is 2. The van der Waals surface area contributed by atoms with Crippen molar-refractivity contribution in [1.29, 1.82) is 0 Å². The van der Waals surface area contributed by atoms with Gasteiger partial charge in [0.15, 0.2) is 0 Å². The van der Waals surface area contributed by atoms with Crippen molar-refractivity contribution in [1.82, 2.24) is 9.13 Å². The van der Waals surface area contributed by atoms with Crippen molar-refractivity contribution in [2.45, 2.75) is 0 Å². The average molecular weight is 589 g/mol. The molecule has 11 rings (SSSR count). The van der Waals surface area contributed by atoms with Gasteiger partial charge in [-0.1, -0.05) is 91.0 Å². The molecular formula is C42H24N2O2. The summed E-state index contributed by atoms with van der Waals surface area (Å²) < 4.78 is 18.4. The highest BCUT2D eigenvalue weighted by Gasteiger charge is 2.28. The molecule has 4 nitrogen and oxygen atoms in total. The maximum atomic E-state index is 6.82. The van der Waals surface area contributed by atoms with Crippen LogP contribution in [0, 0.1) is 0 Å². The minimum Gasteiger partial charge on any atom is -0.455 e. The van der Waals surface area contributed by atoms with Gasteiger partial charge in [-0.3, -0.25) is 0 Å². The van der Waals surface area contributed by atoms with Crippen molar-refractivity contribution < 1.29 is 8.83 Å². The second-order valence-electron chi connectivity index (χ2n) is 12.0. The van der Waals surface area contributed by atoms with Crippen LogP contribution in [0.3, 0.4) is 0 Å². The summed E-state index contributed by atoms with van der Waals surface area (Å²) in [5.74, 6) is 0. The molecule has 0 spiro atoms. The SMILES string of the molecule is c1ccc(-n2c3ccccc3c3c2ccc2c4c5oc6ccccc6c5c5oc6ccccc6c5c4n(-c4ccccc4)c23)cc1. The zero-order valence-electron chi connectivity index (χ0n) is 24.6. The Hall–Kier alpha value is -6.26. The molecule has 0 atom stereocenters. The molecule has 46 heavy (non-hydrogen) atoms. The number of para-hydroxylation sites is 5. The predicted molar refractivity (Wildman–Crippen MR) is 190 cm³/mol. The fourth-order valence-corrected chi connectivity index (χ4v) is 7.89. The van der Waals surface area contributed by atoms with Crippen molar-refractivity contribution in [2.75, 3.05) is 0 Å². The predicted octanol–water partition coefficient (Wildman–Crippen LogP) is 11.7. The summed E-state index contributed by atoms with van der Waals surface area (Å²) in [5.41, 5.74) is 10.3. The summed E-state index contributed by atoms with van der Waals surface area (Å²) in [4.78, 5) is 0. The molecule has 0 aliphatic rings. The minimum atomic E-state index is 0.855. The molecule has 0 bridgehead atoms. The first-order valence-corrected chi connectivity index (χ1v) is 15.6. The quantitative estimate of drug-likeness (QED) is 0.201. The van der Waals surface area contributed by atoms with Crippen LogP contribution < -0.4 is 0 Å². The van der Waals surface area contributed by atoms with Gasteiger partial charge in [-0.15, -0.1) is 0 Å². The fourth-order valence-electron chi connectivity index (χ4n) is 7.89. The Labute approximate surface area is 261 Å². The van der Waals surface area contributed by atoms with Gasteiger partial charge in [0.25, 0.3) is 0 Å². The molecule has 4 heterocycles. The topological polar surface area (TPSA) is 36.1 Å². The third kappa shape index (κ3) is 2.94. The zero-order chi connectivity index (χ0) is 29.9. The monoisotopic (exact) mass is 588 g/mol. The lowest BCUT2D eigenvalue weighted by atomic mass is 10.0. The molecule has 0 saturated carbocycles. The Kier molecular flexibility index (Phi) is 4.55. The van der Waals surface area contributed by atoms with Crippen LogP contribution >= 0.6 is 0 Å². The summed E-state index contributed by atoms with van der Waals surface area (Å²) in [6.45, 7) is 0. The molecule has 0 aliphatic carbocycles. The number of hydrogen-bond donors (Lipinski definition) is 0. The second-order valence-corrected chi connectivity index (χ2v) is 12.0. The van der Waals surface area contributed by atoms with E-state index in [4.69, 9.17) is 8.83 Å². The van der Waals surface area contributed by atoms with E-state index in [0.29, 0.717) is 0 Å². The van der Waals surface area contributed by atoms with E-state index < -0.39 is 0 Å². The number of benzene rings is 7. The number of nitrogens with zero attached hydrogens (tertiary/aromatic N) is 2. The molecule has 0 N–H and O–H groups in total. The zero-order valence-corrected chi connectivity index (χ0v) is 24.6. The third-order valence-electron chi connectivity index (χ3n) is 9.68. The van der Waals surface area contributed by atoms with Gasteiger partial charge < -0.3 is 18.0 Å². The summed E-state index contributed by atoms with van der Waals surface area (Å²) >= 11 is 0. The molecule has 4 heteroatoms. The number of hydrogen-bond acceptors (Lipinski definition) is 2. The summed E-state index contributed by atoms with van der Waals surface area (Å²) in [7, 11) is 0. The third-order valence-corrected chi connectivity index (χ3v) is 9.68. The van der Waals surface area contributed by atoms with E-state index in [1.807, 2.05) is 12.1 Å². The van der Waals surface area contributed by atoms with Crippen molar-refractivity contribution in [3.8, 4) is 11.4 Å². The Morgan fingerprint density at radius 3 is 1.52 bits per heavy atom. The van der Waals surface area contributed by atoms with Crippen molar-refractivity contribution in [2.24, 2.45) is 0 Å². The van der Waals surface area contributed by atoms with Gasteiger partial charge >= 0.3 is 0 Å². The number of fused-ring (bicyclic) bond motifs is 16. The van der Waals surface area contributed by atoms with Crippen LogP contribution in [-0.2, 0) is 0 Å². The van der Waals surface area contributed by atoms with Crippen LogP contribution in [0.25, 0.3) is 98.9 Å². The highest BCUT2D eigenvalue weighted by atomic mass is 16.3. The van der Waals surface area contributed by atoms with Crippen molar-refractivity contribution >= 4 is 87.5 Å².